The number of rotatable bonds is 2. The lowest BCUT2D eigenvalue weighted by atomic mass is 9.86. The molecule has 0 aliphatic rings. The second-order valence-electron chi connectivity index (χ2n) is 5.78. The SMILES string of the molecule is Cc1nn(C)c(Oc2ccccc2C(C)(C)C)c1N. The molecule has 0 radical (unpaired) electrons. The van der Waals surface area contributed by atoms with Crippen LogP contribution in [-0.2, 0) is 12.5 Å². The van der Waals surface area contributed by atoms with Gasteiger partial charge in [0.2, 0.25) is 5.88 Å². The fourth-order valence-electron chi connectivity index (χ4n) is 2.05. The molecule has 0 spiro atoms. The number of hydrogen-bond donors (Lipinski definition) is 1. The highest BCUT2D eigenvalue weighted by Gasteiger charge is 2.20. The van der Waals surface area contributed by atoms with Crippen molar-refractivity contribution in [3.63, 3.8) is 0 Å². The predicted molar refractivity (Wildman–Crippen MR) is 77.6 cm³/mol. The van der Waals surface area contributed by atoms with E-state index in [0.717, 1.165) is 17.0 Å². The summed E-state index contributed by atoms with van der Waals surface area (Å²) in [4.78, 5) is 0. The maximum absolute atomic E-state index is 6.00. The molecule has 0 unspecified atom stereocenters. The first-order valence-corrected chi connectivity index (χ1v) is 6.37. The van der Waals surface area contributed by atoms with Gasteiger partial charge in [-0.3, -0.25) is 0 Å². The van der Waals surface area contributed by atoms with Crippen LogP contribution in [0.4, 0.5) is 5.69 Å². The number of hydrogen-bond acceptors (Lipinski definition) is 3. The average molecular weight is 259 g/mol. The van der Waals surface area contributed by atoms with Gasteiger partial charge in [-0.2, -0.15) is 5.10 Å². The number of ether oxygens (including phenoxy) is 1. The Bertz CT molecular complexity index is 594. The lowest BCUT2D eigenvalue weighted by Crippen LogP contribution is -2.12. The highest BCUT2D eigenvalue weighted by Crippen LogP contribution is 2.36. The molecule has 0 aliphatic heterocycles. The van der Waals surface area contributed by atoms with Gasteiger partial charge in [0.15, 0.2) is 0 Å². The van der Waals surface area contributed by atoms with E-state index in [1.807, 2.05) is 32.2 Å². The highest BCUT2D eigenvalue weighted by molar-refractivity contribution is 5.54. The van der Waals surface area contributed by atoms with Crippen LogP contribution in [0.3, 0.4) is 0 Å². The molecule has 1 aromatic heterocycles. The summed E-state index contributed by atoms with van der Waals surface area (Å²) in [7, 11) is 1.83. The first kappa shape index (κ1) is 13.5. The molecule has 4 heteroatoms. The Morgan fingerprint density at radius 2 is 1.84 bits per heavy atom. The molecule has 19 heavy (non-hydrogen) atoms. The monoisotopic (exact) mass is 259 g/mol. The van der Waals surface area contributed by atoms with Crippen LogP contribution in [0, 0.1) is 6.92 Å². The van der Waals surface area contributed by atoms with E-state index in [4.69, 9.17) is 10.5 Å². The molecule has 2 aromatic rings. The Morgan fingerprint density at radius 3 is 2.37 bits per heavy atom. The summed E-state index contributed by atoms with van der Waals surface area (Å²) in [5, 5.41) is 4.27. The zero-order valence-corrected chi connectivity index (χ0v) is 12.2. The second-order valence-corrected chi connectivity index (χ2v) is 5.78. The number of aromatic nitrogens is 2. The molecule has 1 aromatic carbocycles. The molecule has 1 heterocycles. The van der Waals surface area contributed by atoms with Crippen LogP contribution in [0.15, 0.2) is 24.3 Å². The van der Waals surface area contributed by atoms with Gasteiger partial charge in [-0.1, -0.05) is 39.0 Å². The van der Waals surface area contributed by atoms with E-state index >= 15 is 0 Å². The quantitative estimate of drug-likeness (QED) is 0.899. The van der Waals surface area contributed by atoms with E-state index in [1.165, 1.54) is 0 Å². The number of nitrogen functional groups attached to an aromatic ring is 1. The maximum Gasteiger partial charge on any atom is 0.241 e. The average Bonchev–Trinajstić information content (AvgIpc) is 2.55. The first-order chi connectivity index (χ1) is 8.80. The fraction of sp³-hybridized carbons (Fsp3) is 0.400. The number of benzene rings is 1. The minimum absolute atomic E-state index is 0.0129. The van der Waals surface area contributed by atoms with Gasteiger partial charge in [-0.05, 0) is 18.4 Å². The molecule has 0 atom stereocenters. The molecular weight excluding hydrogens is 238 g/mol. The van der Waals surface area contributed by atoms with Crippen molar-refractivity contribution in [3.8, 4) is 11.6 Å². The molecule has 2 rings (SSSR count). The zero-order chi connectivity index (χ0) is 14.2. The summed E-state index contributed by atoms with van der Waals surface area (Å²) in [6.45, 7) is 8.35. The summed E-state index contributed by atoms with van der Waals surface area (Å²) in [5.41, 5.74) is 8.53. The molecular formula is C15H21N3O. The molecule has 0 bridgehead atoms. The maximum atomic E-state index is 6.00. The molecule has 2 N–H and O–H groups in total. The van der Waals surface area contributed by atoms with Crippen LogP contribution in [-0.4, -0.2) is 9.78 Å². The van der Waals surface area contributed by atoms with Gasteiger partial charge in [-0.25, -0.2) is 4.68 Å². The summed E-state index contributed by atoms with van der Waals surface area (Å²) in [5.74, 6) is 1.42. The molecule has 4 nitrogen and oxygen atoms in total. The Balaban J connectivity index is 2.45. The van der Waals surface area contributed by atoms with Crippen LogP contribution in [0.2, 0.25) is 0 Å². The van der Waals surface area contributed by atoms with Crippen LogP contribution >= 0.6 is 0 Å². The van der Waals surface area contributed by atoms with Crippen molar-refractivity contribution < 1.29 is 4.74 Å². The summed E-state index contributed by atoms with van der Waals surface area (Å²) in [6, 6.07) is 8.02. The molecule has 0 aliphatic carbocycles. The predicted octanol–water partition coefficient (Wildman–Crippen LogP) is 3.40. The van der Waals surface area contributed by atoms with Crippen molar-refractivity contribution in [2.24, 2.45) is 7.05 Å². The van der Waals surface area contributed by atoms with Gasteiger partial charge < -0.3 is 10.5 Å². The van der Waals surface area contributed by atoms with Crippen molar-refractivity contribution >= 4 is 5.69 Å². The standard InChI is InChI=1S/C15H21N3O/c1-10-13(16)14(18(5)17-10)19-12-9-7-6-8-11(12)15(2,3)4/h6-9H,16H2,1-5H3. The molecule has 0 saturated carbocycles. The number of anilines is 1. The fourth-order valence-corrected chi connectivity index (χ4v) is 2.05. The van der Waals surface area contributed by atoms with E-state index in [0.29, 0.717) is 11.6 Å². The molecule has 0 saturated heterocycles. The summed E-state index contributed by atoms with van der Waals surface area (Å²) in [6.07, 6.45) is 0. The number of nitrogens with zero attached hydrogens (tertiary/aromatic N) is 2. The number of nitrogens with two attached hydrogens (primary N) is 1. The van der Waals surface area contributed by atoms with Gasteiger partial charge in [0.25, 0.3) is 0 Å². The van der Waals surface area contributed by atoms with E-state index in [2.05, 4.69) is 31.9 Å². The van der Waals surface area contributed by atoms with Crippen LogP contribution in [0.5, 0.6) is 11.6 Å². The van der Waals surface area contributed by atoms with Crippen molar-refractivity contribution in [2.75, 3.05) is 5.73 Å². The Kier molecular flexibility index (Phi) is 3.27. The van der Waals surface area contributed by atoms with Gasteiger partial charge in [0, 0.05) is 12.6 Å². The Morgan fingerprint density at radius 1 is 1.21 bits per heavy atom. The van der Waals surface area contributed by atoms with Crippen molar-refractivity contribution in [1.29, 1.82) is 0 Å². The zero-order valence-electron chi connectivity index (χ0n) is 12.2. The van der Waals surface area contributed by atoms with E-state index in [9.17, 15) is 0 Å². The lowest BCUT2D eigenvalue weighted by Gasteiger charge is -2.22. The number of aryl methyl sites for hydroxylation is 2. The molecule has 0 fully saturated rings. The summed E-state index contributed by atoms with van der Waals surface area (Å²) >= 11 is 0. The molecule has 0 amide bonds. The number of para-hydroxylation sites is 1. The van der Waals surface area contributed by atoms with Crippen molar-refractivity contribution in [2.45, 2.75) is 33.1 Å². The van der Waals surface area contributed by atoms with Gasteiger partial charge >= 0.3 is 0 Å². The normalized spacial score (nSPS) is 11.6. The lowest BCUT2D eigenvalue weighted by molar-refractivity contribution is 0.416. The van der Waals surface area contributed by atoms with Crippen molar-refractivity contribution in [1.82, 2.24) is 9.78 Å². The smallest absolute Gasteiger partial charge is 0.241 e. The van der Waals surface area contributed by atoms with E-state index < -0.39 is 0 Å². The van der Waals surface area contributed by atoms with Crippen LogP contribution in [0.1, 0.15) is 32.0 Å². The topological polar surface area (TPSA) is 53.1 Å². The minimum Gasteiger partial charge on any atom is -0.437 e. The van der Waals surface area contributed by atoms with Crippen molar-refractivity contribution in [3.05, 3.63) is 35.5 Å². The highest BCUT2D eigenvalue weighted by atomic mass is 16.5. The largest absolute Gasteiger partial charge is 0.437 e. The third kappa shape index (κ3) is 2.57. The van der Waals surface area contributed by atoms with Gasteiger partial charge in [-0.15, -0.1) is 0 Å². The van der Waals surface area contributed by atoms with Crippen LogP contribution in [0.25, 0.3) is 0 Å². The minimum atomic E-state index is 0.0129. The second kappa shape index (κ2) is 4.61. The van der Waals surface area contributed by atoms with E-state index in [-0.39, 0.29) is 5.41 Å². The molecule has 102 valence electrons. The van der Waals surface area contributed by atoms with Gasteiger partial charge in [0.1, 0.15) is 11.4 Å². The first-order valence-electron chi connectivity index (χ1n) is 6.37. The third-order valence-electron chi connectivity index (χ3n) is 3.12. The Hall–Kier alpha value is -1.97. The third-order valence-corrected chi connectivity index (χ3v) is 3.12. The van der Waals surface area contributed by atoms with E-state index in [1.54, 1.807) is 4.68 Å². The van der Waals surface area contributed by atoms with Gasteiger partial charge in [0.05, 0.1) is 5.69 Å². The van der Waals surface area contributed by atoms with Crippen LogP contribution < -0.4 is 10.5 Å². The summed E-state index contributed by atoms with van der Waals surface area (Å²) < 4.78 is 7.66. The Labute approximate surface area is 114 Å².